The Kier molecular flexibility index (Phi) is 6.01. The number of thiophene rings is 1. The Hall–Kier alpha value is -1.56. The Morgan fingerprint density at radius 3 is 2.55 bits per heavy atom. The van der Waals surface area contributed by atoms with Crippen molar-refractivity contribution in [2.75, 3.05) is 13.1 Å². The van der Waals surface area contributed by atoms with E-state index in [1.165, 1.54) is 14.7 Å². The summed E-state index contributed by atoms with van der Waals surface area (Å²) in [5.74, 6) is -0.895. The Morgan fingerprint density at radius 2 is 2.10 bits per heavy atom. The van der Waals surface area contributed by atoms with Crippen LogP contribution in [0.15, 0.2) is 6.07 Å². The fourth-order valence-electron chi connectivity index (χ4n) is 2.07. The molecule has 2 amide bonds. The van der Waals surface area contributed by atoms with Crippen molar-refractivity contribution in [1.29, 1.82) is 0 Å². The molecule has 0 aliphatic heterocycles. The molecular formula is C14H22N2O3S. The van der Waals surface area contributed by atoms with Gasteiger partial charge in [0.25, 0.3) is 0 Å². The molecule has 0 spiro atoms. The first-order valence-corrected chi connectivity index (χ1v) is 7.51. The highest BCUT2D eigenvalue weighted by Crippen LogP contribution is 2.26. The molecule has 0 aliphatic carbocycles. The van der Waals surface area contributed by atoms with Crippen LogP contribution in [0.1, 0.15) is 41.6 Å². The van der Waals surface area contributed by atoms with E-state index in [9.17, 15) is 9.59 Å². The summed E-state index contributed by atoms with van der Waals surface area (Å²) in [6, 6.07) is 1.79. The summed E-state index contributed by atoms with van der Waals surface area (Å²) >= 11 is 1.71. The first kappa shape index (κ1) is 16.5. The van der Waals surface area contributed by atoms with Gasteiger partial charge in [-0.25, -0.2) is 4.79 Å². The molecule has 0 saturated heterocycles. The molecule has 1 heterocycles. The number of amides is 2. The second-order valence-electron chi connectivity index (χ2n) is 4.76. The first-order chi connectivity index (χ1) is 9.35. The average Bonchev–Trinajstić information content (AvgIpc) is 2.68. The number of nitrogens with zero attached hydrogens (tertiary/aromatic N) is 1. The van der Waals surface area contributed by atoms with Gasteiger partial charge >= 0.3 is 12.0 Å². The van der Waals surface area contributed by atoms with E-state index < -0.39 is 5.97 Å². The van der Waals surface area contributed by atoms with Crippen molar-refractivity contribution in [3.05, 3.63) is 21.4 Å². The molecule has 0 aliphatic rings. The zero-order valence-electron chi connectivity index (χ0n) is 12.4. The van der Waals surface area contributed by atoms with Gasteiger partial charge in [0.15, 0.2) is 0 Å². The molecule has 0 bridgehead atoms. The lowest BCUT2D eigenvalue weighted by Gasteiger charge is -2.23. The third-order valence-electron chi connectivity index (χ3n) is 3.15. The Balaban J connectivity index is 2.63. The second kappa shape index (κ2) is 7.28. The zero-order chi connectivity index (χ0) is 15.3. The molecule has 2 N–H and O–H groups in total. The lowest BCUT2D eigenvalue weighted by atomic mass is 10.1. The number of urea groups is 1. The Morgan fingerprint density at radius 1 is 1.45 bits per heavy atom. The molecule has 112 valence electrons. The highest BCUT2D eigenvalue weighted by atomic mass is 32.1. The number of nitrogens with one attached hydrogen (secondary N) is 1. The first-order valence-electron chi connectivity index (χ1n) is 6.69. The van der Waals surface area contributed by atoms with Gasteiger partial charge in [-0.15, -0.1) is 11.3 Å². The summed E-state index contributed by atoms with van der Waals surface area (Å²) in [5, 5.41) is 11.6. The predicted octanol–water partition coefficient (Wildman–Crippen LogP) is 2.93. The standard InChI is InChI=1S/C14H22N2O3S/c1-5-16(7-6-13(17)18)14(19)15-10(3)12-8-9(2)20-11(12)4/h8,10H,5-7H2,1-4H3,(H,15,19)(H,17,18). The lowest BCUT2D eigenvalue weighted by Crippen LogP contribution is -2.42. The fourth-order valence-corrected chi connectivity index (χ4v) is 3.09. The number of carboxylic acid groups (broad SMARTS) is 1. The van der Waals surface area contributed by atoms with Gasteiger partial charge in [0, 0.05) is 22.8 Å². The van der Waals surface area contributed by atoms with E-state index >= 15 is 0 Å². The van der Waals surface area contributed by atoms with Gasteiger partial charge in [-0.1, -0.05) is 0 Å². The van der Waals surface area contributed by atoms with Crippen molar-refractivity contribution < 1.29 is 14.7 Å². The molecule has 0 saturated carbocycles. The second-order valence-corrected chi connectivity index (χ2v) is 6.22. The van der Waals surface area contributed by atoms with Crippen LogP contribution in [0.4, 0.5) is 4.79 Å². The number of rotatable bonds is 6. The molecule has 1 atom stereocenters. The molecule has 5 nitrogen and oxygen atoms in total. The number of carbonyl (C=O) groups is 2. The lowest BCUT2D eigenvalue weighted by molar-refractivity contribution is -0.137. The minimum atomic E-state index is -0.895. The van der Waals surface area contributed by atoms with Crippen LogP contribution in [-0.4, -0.2) is 35.1 Å². The van der Waals surface area contributed by atoms with Crippen molar-refractivity contribution in [2.45, 2.75) is 40.2 Å². The van der Waals surface area contributed by atoms with Gasteiger partial charge < -0.3 is 15.3 Å². The monoisotopic (exact) mass is 298 g/mol. The normalized spacial score (nSPS) is 12.0. The Labute approximate surface area is 123 Å². The minimum absolute atomic E-state index is 0.0355. The van der Waals surface area contributed by atoms with Crippen LogP contribution in [-0.2, 0) is 4.79 Å². The maximum Gasteiger partial charge on any atom is 0.317 e. The smallest absolute Gasteiger partial charge is 0.317 e. The summed E-state index contributed by atoms with van der Waals surface area (Å²) in [6.45, 7) is 8.58. The van der Waals surface area contributed by atoms with Crippen molar-refractivity contribution in [3.8, 4) is 0 Å². The van der Waals surface area contributed by atoms with E-state index in [1.54, 1.807) is 11.3 Å². The number of hydrogen-bond acceptors (Lipinski definition) is 3. The number of carbonyl (C=O) groups excluding carboxylic acids is 1. The van der Waals surface area contributed by atoms with E-state index in [0.29, 0.717) is 6.54 Å². The van der Waals surface area contributed by atoms with Crippen molar-refractivity contribution in [3.63, 3.8) is 0 Å². The van der Waals surface area contributed by atoms with Crippen LogP contribution in [0.25, 0.3) is 0 Å². The molecule has 1 unspecified atom stereocenters. The van der Waals surface area contributed by atoms with Crippen LogP contribution in [0.3, 0.4) is 0 Å². The van der Waals surface area contributed by atoms with Crippen molar-refractivity contribution in [1.82, 2.24) is 10.2 Å². The molecule has 6 heteroatoms. The summed E-state index contributed by atoms with van der Waals surface area (Å²) in [7, 11) is 0. The van der Waals surface area contributed by atoms with E-state index in [4.69, 9.17) is 5.11 Å². The van der Waals surface area contributed by atoms with Crippen LogP contribution in [0.2, 0.25) is 0 Å². The van der Waals surface area contributed by atoms with E-state index in [-0.39, 0.29) is 25.0 Å². The predicted molar refractivity (Wildman–Crippen MR) is 80.2 cm³/mol. The molecular weight excluding hydrogens is 276 g/mol. The Bertz CT molecular complexity index is 485. The average molecular weight is 298 g/mol. The maximum absolute atomic E-state index is 12.1. The van der Waals surface area contributed by atoms with Gasteiger partial charge in [0.2, 0.25) is 0 Å². The third-order valence-corrected chi connectivity index (χ3v) is 4.13. The van der Waals surface area contributed by atoms with E-state index in [2.05, 4.69) is 11.4 Å². The highest BCUT2D eigenvalue weighted by molar-refractivity contribution is 7.12. The number of aliphatic carboxylic acids is 1. The maximum atomic E-state index is 12.1. The van der Waals surface area contributed by atoms with Crippen molar-refractivity contribution >= 4 is 23.3 Å². The number of carboxylic acids is 1. The zero-order valence-corrected chi connectivity index (χ0v) is 13.2. The van der Waals surface area contributed by atoms with E-state index in [1.807, 2.05) is 27.7 Å². The summed E-state index contributed by atoms with van der Waals surface area (Å²) in [6.07, 6.45) is -0.0355. The number of hydrogen-bond donors (Lipinski definition) is 2. The molecule has 1 aromatic rings. The van der Waals surface area contributed by atoms with Gasteiger partial charge in [-0.2, -0.15) is 0 Å². The minimum Gasteiger partial charge on any atom is -0.481 e. The molecule has 0 radical (unpaired) electrons. The highest BCUT2D eigenvalue weighted by Gasteiger charge is 2.18. The largest absolute Gasteiger partial charge is 0.481 e. The summed E-state index contributed by atoms with van der Waals surface area (Å²) in [5.41, 5.74) is 1.12. The summed E-state index contributed by atoms with van der Waals surface area (Å²) < 4.78 is 0. The summed E-state index contributed by atoms with van der Waals surface area (Å²) in [4.78, 5) is 26.6. The SMILES string of the molecule is CCN(CCC(=O)O)C(=O)NC(C)c1cc(C)sc1C. The molecule has 0 aromatic carbocycles. The van der Waals surface area contributed by atoms with E-state index in [0.717, 1.165) is 5.56 Å². The number of aryl methyl sites for hydroxylation is 2. The molecule has 20 heavy (non-hydrogen) atoms. The van der Waals surface area contributed by atoms with Gasteiger partial charge in [0.1, 0.15) is 0 Å². The molecule has 1 aromatic heterocycles. The van der Waals surface area contributed by atoms with Gasteiger partial charge in [-0.3, -0.25) is 4.79 Å². The van der Waals surface area contributed by atoms with Crippen LogP contribution >= 0.6 is 11.3 Å². The molecule has 1 rings (SSSR count). The van der Waals surface area contributed by atoms with Gasteiger partial charge in [0.05, 0.1) is 12.5 Å². The van der Waals surface area contributed by atoms with Crippen LogP contribution in [0.5, 0.6) is 0 Å². The fraction of sp³-hybridized carbons (Fsp3) is 0.571. The van der Waals surface area contributed by atoms with Crippen LogP contribution < -0.4 is 5.32 Å². The van der Waals surface area contributed by atoms with Crippen LogP contribution in [0, 0.1) is 13.8 Å². The topological polar surface area (TPSA) is 69.6 Å². The van der Waals surface area contributed by atoms with Crippen molar-refractivity contribution in [2.24, 2.45) is 0 Å². The van der Waals surface area contributed by atoms with Gasteiger partial charge in [-0.05, 0) is 39.3 Å². The third kappa shape index (κ3) is 4.52. The quantitative estimate of drug-likeness (QED) is 0.848. The molecule has 0 fully saturated rings.